The van der Waals surface area contributed by atoms with E-state index in [1.54, 1.807) is 13.8 Å². The van der Waals surface area contributed by atoms with Crippen LogP contribution in [-0.4, -0.2) is 48.9 Å². The van der Waals surface area contributed by atoms with Gasteiger partial charge in [-0.05, 0) is 33.0 Å². The summed E-state index contributed by atoms with van der Waals surface area (Å²) >= 11 is 0. The third kappa shape index (κ3) is 7.51. The van der Waals surface area contributed by atoms with Gasteiger partial charge in [0.25, 0.3) is 0 Å². The molecule has 0 saturated carbocycles. The zero-order valence-electron chi connectivity index (χ0n) is 14.6. The molecule has 0 heterocycles. The SMILES string of the molecule is CC(C)NC(=O)NC(=O)CN(C)CC(=O)Nc1ccccc1C(F)(F)F. The van der Waals surface area contributed by atoms with Crippen LogP contribution in [0.3, 0.4) is 0 Å². The molecule has 1 aromatic rings. The average Bonchev–Trinajstić information content (AvgIpc) is 2.44. The molecule has 7 nitrogen and oxygen atoms in total. The van der Waals surface area contributed by atoms with Gasteiger partial charge >= 0.3 is 12.2 Å². The number of hydrogen-bond acceptors (Lipinski definition) is 4. The third-order valence-electron chi connectivity index (χ3n) is 3.01. The summed E-state index contributed by atoms with van der Waals surface area (Å²) in [7, 11) is 1.43. The predicted octanol–water partition coefficient (Wildman–Crippen LogP) is 1.81. The Hall–Kier alpha value is -2.62. The van der Waals surface area contributed by atoms with Crippen molar-refractivity contribution in [2.24, 2.45) is 0 Å². The molecule has 0 radical (unpaired) electrons. The van der Waals surface area contributed by atoms with Gasteiger partial charge in [-0.25, -0.2) is 4.79 Å². The summed E-state index contributed by atoms with van der Waals surface area (Å²) < 4.78 is 38.7. The number of nitrogens with one attached hydrogen (secondary N) is 3. The van der Waals surface area contributed by atoms with Gasteiger partial charge in [0.15, 0.2) is 0 Å². The molecule has 0 atom stereocenters. The van der Waals surface area contributed by atoms with Crippen molar-refractivity contribution in [3.8, 4) is 0 Å². The predicted molar refractivity (Wildman–Crippen MR) is 89.4 cm³/mol. The van der Waals surface area contributed by atoms with E-state index in [0.29, 0.717) is 0 Å². The summed E-state index contributed by atoms with van der Waals surface area (Å²) in [5.41, 5.74) is -1.32. The highest BCUT2D eigenvalue weighted by Gasteiger charge is 2.33. The lowest BCUT2D eigenvalue weighted by molar-refractivity contribution is -0.137. The number of alkyl halides is 3. The zero-order valence-corrected chi connectivity index (χ0v) is 14.6. The van der Waals surface area contributed by atoms with Crippen LogP contribution in [0.15, 0.2) is 24.3 Å². The van der Waals surface area contributed by atoms with E-state index in [-0.39, 0.29) is 24.8 Å². The van der Waals surface area contributed by atoms with E-state index >= 15 is 0 Å². The first-order valence-corrected chi connectivity index (χ1v) is 7.74. The van der Waals surface area contributed by atoms with Crippen molar-refractivity contribution in [3.63, 3.8) is 0 Å². The van der Waals surface area contributed by atoms with E-state index in [2.05, 4.69) is 16.0 Å². The molecule has 0 bridgehead atoms. The lowest BCUT2D eigenvalue weighted by Gasteiger charge is -2.18. The Morgan fingerprint density at radius 3 is 2.23 bits per heavy atom. The van der Waals surface area contributed by atoms with Crippen molar-refractivity contribution in [1.82, 2.24) is 15.5 Å². The Kier molecular flexibility index (Phi) is 7.56. The number of halogens is 3. The second kappa shape index (κ2) is 9.18. The summed E-state index contributed by atoms with van der Waals surface area (Å²) in [6.07, 6.45) is -4.60. The normalized spacial score (nSPS) is 11.4. The molecule has 0 aliphatic rings. The summed E-state index contributed by atoms with van der Waals surface area (Å²) in [4.78, 5) is 36.3. The van der Waals surface area contributed by atoms with Crippen molar-refractivity contribution in [2.75, 3.05) is 25.5 Å². The number of imide groups is 1. The standard InChI is InChI=1S/C16H21F3N4O3/c1-10(2)20-15(26)22-14(25)9-23(3)8-13(24)21-12-7-5-4-6-11(12)16(17,18)19/h4-7,10H,8-9H2,1-3H3,(H,21,24)(H2,20,22,25,26). The number of amides is 4. The highest BCUT2D eigenvalue weighted by Crippen LogP contribution is 2.34. The molecule has 0 aliphatic heterocycles. The molecule has 0 spiro atoms. The quantitative estimate of drug-likeness (QED) is 0.708. The molecule has 10 heteroatoms. The van der Waals surface area contributed by atoms with E-state index in [1.165, 1.54) is 24.1 Å². The summed E-state index contributed by atoms with van der Waals surface area (Å²) in [5, 5.41) is 6.72. The molecular formula is C16H21F3N4O3. The van der Waals surface area contributed by atoms with Crippen LogP contribution in [0.25, 0.3) is 0 Å². The van der Waals surface area contributed by atoms with E-state index in [4.69, 9.17) is 0 Å². The van der Waals surface area contributed by atoms with Gasteiger partial charge in [0, 0.05) is 6.04 Å². The van der Waals surface area contributed by atoms with Gasteiger partial charge in [-0.2, -0.15) is 13.2 Å². The highest BCUT2D eigenvalue weighted by atomic mass is 19.4. The second-order valence-corrected chi connectivity index (χ2v) is 5.94. The van der Waals surface area contributed by atoms with Crippen molar-refractivity contribution in [1.29, 1.82) is 0 Å². The first kappa shape index (κ1) is 21.4. The Labute approximate surface area is 148 Å². The minimum atomic E-state index is -4.60. The van der Waals surface area contributed by atoms with Gasteiger partial charge in [0.2, 0.25) is 11.8 Å². The number of urea groups is 1. The minimum Gasteiger partial charge on any atom is -0.336 e. The molecule has 0 aliphatic carbocycles. The molecule has 26 heavy (non-hydrogen) atoms. The Morgan fingerprint density at radius 2 is 1.65 bits per heavy atom. The molecule has 0 saturated heterocycles. The van der Waals surface area contributed by atoms with Gasteiger partial charge in [0.1, 0.15) is 0 Å². The molecule has 1 rings (SSSR count). The number of benzene rings is 1. The van der Waals surface area contributed by atoms with Gasteiger partial charge in [-0.15, -0.1) is 0 Å². The summed E-state index contributed by atoms with van der Waals surface area (Å²) in [5.74, 6) is -1.36. The highest BCUT2D eigenvalue weighted by molar-refractivity contribution is 5.96. The maximum absolute atomic E-state index is 12.9. The van der Waals surface area contributed by atoms with Crippen LogP contribution in [0.5, 0.6) is 0 Å². The second-order valence-electron chi connectivity index (χ2n) is 5.94. The smallest absolute Gasteiger partial charge is 0.336 e. The first-order chi connectivity index (χ1) is 12.0. The van der Waals surface area contributed by atoms with E-state index in [0.717, 1.165) is 12.1 Å². The third-order valence-corrected chi connectivity index (χ3v) is 3.01. The number of anilines is 1. The fourth-order valence-electron chi connectivity index (χ4n) is 2.04. The van der Waals surface area contributed by atoms with E-state index in [9.17, 15) is 27.6 Å². The van der Waals surface area contributed by atoms with Crippen LogP contribution in [0.4, 0.5) is 23.7 Å². The fourth-order valence-corrected chi connectivity index (χ4v) is 2.04. The summed E-state index contributed by atoms with van der Waals surface area (Å²) in [6.45, 7) is 2.84. The van der Waals surface area contributed by atoms with E-state index in [1.807, 2.05) is 0 Å². The number of rotatable bonds is 6. The molecule has 144 valence electrons. The van der Waals surface area contributed by atoms with Crippen LogP contribution in [0.1, 0.15) is 19.4 Å². The number of para-hydroxylation sites is 1. The largest absolute Gasteiger partial charge is 0.418 e. The monoisotopic (exact) mass is 374 g/mol. The minimum absolute atomic E-state index is 0.153. The van der Waals surface area contributed by atoms with Crippen molar-refractivity contribution in [3.05, 3.63) is 29.8 Å². The molecule has 0 unspecified atom stereocenters. The topological polar surface area (TPSA) is 90.5 Å². The van der Waals surface area contributed by atoms with Gasteiger partial charge in [-0.3, -0.25) is 19.8 Å². The van der Waals surface area contributed by atoms with Crippen LogP contribution >= 0.6 is 0 Å². The maximum Gasteiger partial charge on any atom is 0.418 e. The molecular weight excluding hydrogens is 353 g/mol. The van der Waals surface area contributed by atoms with E-state index < -0.39 is 29.6 Å². The molecule has 4 amide bonds. The summed E-state index contributed by atoms with van der Waals surface area (Å²) in [6, 6.07) is 3.78. The van der Waals surface area contributed by atoms with Gasteiger partial charge in [-0.1, -0.05) is 12.1 Å². The average molecular weight is 374 g/mol. The van der Waals surface area contributed by atoms with Crippen LogP contribution in [-0.2, 0) is 15.8 Å². The Morgan fingerprint density at radius 1 is 1.08 bits per heavy atom. The zero-order chi connectivity index (χ0) is 19.9. The Balaban J connectivity index is 2.56. The lowest BCUT2D eigenvalue weighted by Crippen LogP contribution is -2.46. The van der Waals surface area contributed by atoms with Gasteiger partial charge in [0.05, 0.1) is 24.3 Å². The molecule has 0 fully saturated rings. The van der Waals surface area contributed by atoms with Crippen LogP contribution in [0, 0.1) is 0 Å². The molecule has 1 aromatic carbocycles. The first-order valence-electron chi connectivity index (χ1n) is 7.74. The number of likely N-dealkylation sites (N-methyl/N-ethyl adjacent to an activating group) is 1. The number of hydrogen-bond donors (Lipinski definition) is 3. The lowest BCUT2D eigenvalue weighted by atomic mass is 10.1. The van der Waals surface area contributed by atoms with Gasteiger partial charge < -0.3 is 10.6 Å². The maximum atomic E-state index is 12.9. The van der Waals surface area contributed by atoms with Crippen molar-refractivity contribution >= 4 is 23.5 Å². The molecule has 3 N–H and O–H groups in total. The van der Waals surface area contributed by atoms with Crippen LogP contribution < -0.4 is 16.0 Å². The number of nitrogens with zero attached hydrogens (tertiary/aromatic N) is 1. The number of carbonyl (C=O) groups excluding carboxylic acids is 3. The van der Waals surface area contributed by atoms with Crippen molar-refractivity contribution in [2.45, 2.75) is 26.1 Å². The Bertz CT molecular complexity index is 662. The van der Waals surface area contributed by atoms with Crippen LogP contribution in [0.2, 0.25) is 0 Å². The fraction of sp³-hybridized carbons (Fsp3) is 0.438. The number of carbonyl (C=O) groups is 3. The van der Waals surface area contributed by atoms with Crippen molar-refractivity contribution < 1.29 is 27.6 Å². The molecule has 0 aromatic heterocycles.